The molecule has 2 aliphatic rings. The van der Waals surface area contributed by atoms with Gasteiger partial charge < -0.3 is 9.64 Å². The van der Waals surface area contributed by atoms with E-state index in [1.165, 1.54) is 0 Å². The number of carbonyl (C=O) groups is 1. The van der Waals surface area contributed by atoms with Crippen LogP contribution in [0.3, 0.4) is 0 Å². The van der Waals surface area contributed by atoms with Crippen LogP contribution in [0, 0.1) is 0 Å². The van der Waals surface area contributed by atoms with E-state index in [0.29, 0.717) is 18.2 Å². The molecule has 2 atom stereocenters. The summed E-state index contributed by atoms with van der Waals surface area (Å²) in [6, 6.07) is 3.43. The van der Waals surface area contributed by atoms with E-state index in [1.807, 2.05) is 0 Å². The quantitative estimate of drug-likeness (QED) is 0.548. The highest BCUT2D eigenvalue weighted by Gasteiger charge is 2.44. The monoisotopic (exact) mass is 238 g/mol. The van der Waals surface area contributed by atoms with E-state index in [-0.39, 0.29) is 17.2 Å². The Labute approximate surface area is 98.2 Å². The van der Waals surface area contributed by atoms with Crippen molar-refractivity contribution in [1.29, 1.82) is 0 Å². The molecule has 3 heterocycles. The first-order valence-corrected chi connectivity index (χ1v) is 5.69. The summed E-state index contributed by atoms with van der Waals surface area (Å²) >= 11 is 5.90. The second-order valence-corrected chi connectivity index (χ2v) is 4.45. The van der Waals surface area contributed by atoms with E-state index in [0.717, 1.165) is 13.0 Å². The number of epoxide rings is 1. The van der Waals surface area contributed by atoms with E-state index in [4.69, 9.17) is 16.3 Å². The van der Waals surface area contributed by atoms with E-state index in [9.17, 15) is 4.79 Å². The van der Waals surface area contributed by atoms with E-state index >= 15 is 0 Å². The van der Waals surface area contributed by atoms with Crippen molar-refractivity contribution in [3.8, 4) is 0 Å². The second kappa shape index (κ2) is 3.71. The van der Waals surface area contributed by atoms with Gasteiger partial charge in [-0.05, 0) is 18.6 Å². The van der Waals surface area contributed by atoms with E-state index < -0.39 is 0 Å². The smallest absolute Gasteiger partial charge is 0.257 e. The Kier molecular flexibility index (Phi) is 2.33. The molecule has 16 heavy (non-hydrogen) atoms. The molecular weight excluding hydrogens is 228 g/mol. The average Bonchev–Trinajstić information content (AvgIpc) is 3.06. The number of aromatic nitrogens is 1. The van der Waals surface area contributed by atoms with Crippen molar-refractivity contribution in [3.63, 3.8) is 0 Å². The number of amides is 1. The predicted molar refractivity (Wildman–Crippen MR) is 58.4 cm³/mol. The van der Waals surface area contributed by atoms with Crippen LogP contribution < -0.4 is 0 Å². The SMILES string of the molecule is O=C(c1cccnc1Cl)N1CC[C@@H]2O[C@H]2C1. The first-order chi connectivity index (χ1) is 7.75. The summed E-state index contributed by atoms with van der Waals surface area (Å²) in [5, 5.41) is 0.270. The van der Waals surface area contributed by atoms with Gasteiger partial charge in [0.1, 0.15) is 11.3 Å². The van der Waals surface area contributed by atoms with E-state index in [1.54, 1.807) is 23.2 Å². The molecule has 5 heteroatoms. The molecule has 1 aromatic heterocycles. The molecule has 84 valence electrons. The number of halogens is 1. The number of hydrogen-bond acceptors (Lipinski definition) is 3. The molecule has 0 unspecified atom stereocenters. The lowest BCUT2D eigenvalue weighted by Crippen LogP contribution is -2.39. The Hall–Kier alpha value is -1.13. The minimum absolute atomic E-state index is 0.0490. The number of carbonyl (C=O) groups excluding carboxylic acids is 1. The van der Waals surface area contributed by atoms with Crippen LogP contribution in [0.5, 0.6) is 0 Å². The van der Waals surface area contributed by atoms with Crippen molar-refractivity contribution >= 4 is 17.5 Å². The molecule has 0 N–H and O–H groups in total. The minimum Gasteiger partial charge on any atom is -0.368 e. The van der Waals surface area contributed by atoms with Gasteiger partial charge in [-0.25, -0.2) is 4.98 Å². The van der Waals surface area contributed by atoms with Crippen LogP contribution in [0.4, 0.5) is 0 Å². The van der Waals surface area contributed by atoms with Crippen molar-refractivity contribution in [2.24, 2.45) is 0 Å². The maximum absolute atomic E-state index is 12.1. The molecular formula is C11H11ClN2O2. The first-order valence-electron chi connectivity index (χ1n) is 5.31. The van der Waals surface area contributed by atoms with Gasteiger partial charge in [0.25, 0.3) is 5.91 Å². The number of pyridine rings is 1. The third-order valence-corrected chi connectivity index (χ3v) is 3.35. The van der Waals surface area contributed by atoms with Gasteiger partial charge in [0.05, 0.1) is 11.7 Å². The summed E-state index contributed by atoms with van der Waals surface area (Å²) < 4.78 is 5.38. The summed E-state index contributed by atoms with van der Waals surface area (Å²) in [5.41, 5.74) is 0.475. The van der Waals surface area contributed by atoms with E-state index in [2.05, 4.69) is 4.98 Å². The predicted octanol–water partition coefficient (Wildman–Crippen LogP) is 1.35. The highest BCUT2D eigenvalue weighted by atomic mass is 35.5. The molecule has 0 radical (unpaired) electrons. The van der Waals surface area contributed by atoms with Gasteiger partial charge in [0.2, 0.25) is 0 Å². The highest BCUT2D eigenvalue weighted by Crippen LogP contribution is 2.31. The van der Waals surface area contributed by atoms with Crippen LogP contribution in [-0.4, -0.2) is 41.1 Å². The Balaban J connectivity index is 1.79. The van der Waals surface area contributed by atoms with Crippen LogP contribution in [0.2, 0.25) is 5.15 Å². The van der Waals surface area contributed by atoms with Gasteiger partial charge in [0.15, 0.2) is 0 Å². The molecule has 2 saturated heterocycles. The molecule has 4 nitrogen and oxygen atoms in total. The standard InChI is InChI=1S/C11H11ClN2O2/c12-10-7(2-1-4-13-10)11(15)14-5-3-8-9(6-14)16-8/h1-2,4,8-9H,3,5-6H2/t8-,9-/m0/s1. The first kappa shape index (κ1) is 10.1. The van der Waals surface area contributed by atoms with Crippen molar-refractivity contribution < 1.29 is 9.53 Å². The molecule has 1 aromatic rings. The minimum atomic E-state index is -0.0490. The fourth-order valence-electron chi connectivity index (χ4n) is 2.09. The average molecular weight is 239 g/mol. The maximum atomic E-state index is 12.1. The van der Waals surface area contributed by atoms with Crippen LogP contribution in [-0.2, 0) is 4.74 Å². The van der Waals surface area contributed by atoms with Gasteiger partial charge in [-0.2, -0.15) is 0 Å². The zero-order valence-corrected chi connectivity index (χ0v) is 9.35. The summed E-state index contributed by atoms with van der Waals surface area (Å²) in [6.07, 6.45) is 3.13. The van der Waals surface area contributed by atoms with Crippen LogP contribution in [0.1, 0.15) is 16.8 Å². The van der Waals surface area contributed by atoms with Crippen molar-refractivity contribution in [2.75, 3.05) is 13.1 Å². The van der Waals surface area contributed by atoms with Gasteiger partial charge in [-0.3, -0.25) is 4.79 Å². The number of fused-ring (bicyclic) bond motifs is 1. The molecule has 0 spiro atoms. The Morgan fingerprint density at radius 2 is 2.44 bits per heavy atom. The van der Waals surface area contributed by atoms with Crippen molar-refractivity contribution in [3.05, 3.63) is 29.0 Å². The van der Waals surface area contributed by atoms with Gasteiger partial charge >= 0.3 is 0 Å². The number of likely N-dealkylation sites (tertiary alicyclic amines) is 1. The normalized spacial score (nSPS) is 27.4. The zero-order valence-electron chi connectivity index (χ0n) is 8.60. The van der Waals surface area contributed by atoms with Crippen LogP contribution >= 0.6 is 11.6 Å². The summed E-state index contributed by atoms with van der Waals surface area (Å²) in [7, 11) is 0. The third kappa shape index (κ3) is 1.68. The summed E-state index contributed by atoms with van der Waals surface area (Å²) in [4.78, 5) is 17.8. The Bertz CT molecular complexity index is 438. The maximum Gasteiger partial charge on any atom is 0.257 e. The zero-order chi connectivity index (χ0) is 11.1. The van der Waals surface area contributed by atoms with Crippen LogP contribution in [0.15, 0.2) is 18.3 Å². The molecule has 1 amide bonds. The Morgan fingerprint density at radius 3 is 3.19 bits per heavy atom. The third-order valence-electron chi connectivity index (χ3n) is 3.05. The highest BCUT2D eigenvalue weighted by molar-refractivity contribution is 6.32. The number of ether oxygens (including phenoxy) is 1. The molecule has 0 saturated carbocycles. The topological polar surface area (TPSA) is 45.7 Å². The molecule has 2 fully saturated rings. The van der Waals surface area contributed by atoms with Crippen LogP contribution in [0.25, 0.3) is 0 Å². The lowest BCUT2D eigenvalue weighted by molar-refractivity contribution is 0.0736. The molecule has 0 aromatic carbocycles. The number of hydrogen-bond donors (Lipinski definition) is 0. The number of nitrogens with zero attached hydrogens (tertiary/aromatic N) is 2. The molecule has 0 aliphatic carbocycles. The summed E-state index contributed by atoms with van der Waals surface area (Å²) in [5.74, 6) is -0.0490. The lowest BCUT2D eigenvalue weighted by atomic mass is 10.1. The Morgan fingerprint density at radius 1 is 1.56 bits per heavy atom. The lowest BCUT2D eigenvalue weighted by Gasteiger charge is -2.24. The van der Waals surface area contributed by atoms with Gasteiger partial charge in [-0.1, -0.05) is 11.6 Å². The number of piperidine rings is 1. The molecule has 3 rings (SSSR count). The van der Waals surface area contributed by atoms with Crippen molar-refractivity contribution in [1.82, 2.24) is 9.88 Å². The largest absolute Gasteiger partial charge is 0.368 e. The second-order valence-electron chi connectivity index (χ2n) is 4.09. The van der Waals surface area contributed by atoms with Crippen molar-refractivity contribution in [2.45, 2.75) is 18.6 Å². The fraction of sp³-hybridized carbons (Fsp3) is 0.455. The molecule has 0 bridgehead atoms. The van der Waals surface area contributed by atoms with Gasteiger partial charge in [-0.15, -0.1) is 0 Å². The van der Waals surface area contributed by atoms with Gasteiger partial charge in [0, 0.05) is 19.3 Å². The molecule has 2 aliphatic heterocycles. The number of rotatable bonds is 1. The summed E-state index contributed by atoms with van der Waals surface area (Å²) in [6.45, 7) is 1.42. The fourth-order valence-corrected chi connectivity index (χ4v) is 2.29.